The molecule has 1 atom stereocenters. The van der Waals surface area contributed by atoms with Crippen LogP contribution in [0.4, 0.5) is 0 Å². The summed E-state index contributed by atoms with van der Waals surface area (Å²) in [5, 5.41) is 3.93. The van der Waals surface area contributed by atoms with E-state index in [1.807, 2.05) is 84.9 Å². The summed E-state index contributed by atoms with van der Waals surface area (Å²) in [7, 11) is 0. The van der Waals surface area contributed by atoms with E-state index >= 15 is 0 Å². The Morgan fingerprint density at radius 3 is 2.17 bits per heavy atom. The highest BCUT2D eigenvalue weighted by atomic mass is 35.5. The second kappa shape index (κ2) is 13.5. The minimum absolute atomic E-state index is 0.0569. The molecular formula is C30H33ClN2O2S. The zero-order valence-electron chi connectivity index (χ0n) is 20.4. The van der Waals surface area contributed by atoms with Crippen molar-refractivity contribution >= 4 is 35.2 Å². The maximum Gasteiger partial charge on any atom is 0.243 e. The third-order valence-corrected chi connectivity index (χ3v) is 7.84. The van der Waals surface area contributed by atoms with E-state index in [2.05, 4.69) is 5.32 Å². The first-order valence-corrected chi connectivity index (χ1v) is 14.0. The van der Waals surface area contributed by atoms with Gasteiger partial charge in [-0.05, 0) is 48.2 Å². The van der Waals surface area contributed by atoms with Gasteiger partial charge in [-0.3, -0.25) is 9.59 Å². The summed E-state index contributed by atoms with van der Waals surface area (Å²) in [5.74, 6) is 0.135. The number of nitrogens with zero attached hydrogens (tertiary/aromatic N) is 1. The predicted octanol–water partition coefficient (Wildman–Crippen LogP) is 6.52. The van der Waals surface area contributed by atoms with E-state index in [1.54, 1.807) is 4.90 Å². The van der Waals surface area contributed by atoms with Crippen LogP contribution in [-0.4, -0.2) is 34.6 Å². The minimum Gasteiger partial charge on any atom is -0.352 e. The summed E-state index contributed by atoms with van der Waals surface area (Å²) in [4.78, 5) is 30.2. The quantitative estimate of drug-likeness (QED) is 0.309. The van der Waals surface area contributed by atoms with Crippen LogP contribution in [0.5, 0.6) is 0 Å². The van der Waals surface area contributed by atoms with E-state index in [1.165, 1.54) is 18.2 Å². The predicted molar refractivity (Wildman–Crippen MR) is 148 cm³/mol. The van der Waals surface area contributed by atoms with Crippen LogP contribution < -0.4 is 5.32 Å². The van der Waals surface area contributed by atoms with Crippen molar-refractivity contribution in [1.82, 2.24) is 10.2 Å². The molecule has 4 rings (SSSR count). The van der Waals surface area contributed by atoms with E-state index in [0.717, 1.165) is 41.7 Å². The van der Waals surface area contributed by atoms with Crippen LogP contribution in [0.3, 0.4) is 0 Å². The van der Waals surface area contributed by atoms with E-state index in [-0.39, 0.29) is 23.6 Å². The molecule has 0 aliphatic heterocycles. The highest BCUT2D eigenvalue weighted by molar-refractivity contribution is 8.00. The summed E-state index contributed by atoms with van der Waals surface area (Å²) in [5.41, 5.74) is 1.98. The standard InChI is InChI=1S/C30H33ClN2O2S/c31-25-18-16-24(17-19-25)21-33(29(34)22-36-27-14-8-3-9-15-27)28(20-23-10-4-1-5-11-23)30(35)32-26-12-6-2-7-13-26/h1,3-5,8-11,14-19,26,28H,2,6-7,12-13,20-22H2,(H,32,35)/t28-/m1/s1. The first-order chi connectivity index (χ1) is 17.6. The molecule has 36 heavy (non-hydrogen) atoms. The smallest absolute Gasteiger partial charge is 0.243 e. The fourth-order valence-corrected chi connectivity index (χ4v) is 5.56. The summed E-state index contributed by atoms with van der Waals surface area (Å²) < 4.78 is 0. The zero-order valence-corrected chi connectivity index (χ0v) is 22.0. The Morgan fingerprint density at radius 1 is 0.861 bits per heavy atom. The number of thioether (sulfide) groups is 1. The number of halogens is 1. The van der Waals surface area contributed by atoms with Crippen molar-refractivity contribution in [3.8, 4) is 0 Å². The Kier molecular flexibility index (Phi) is 9.88. The number of benzene rings is 3. The van der Waals surface area contributed by atoms with Crippen LogP contribution in [0.15, 0.2) is 89.8 Å². The van der Waals surface area contributed by atoms with Crippen LogP contribution in [0, 0.1) is 0 Å². The van der Waals surface area contributed by atoms with Crippen molar-refractivity contribution in [2.75, 3.05) is 5.75 Å². The van der Waals surface area contributed by atoms with Gasteiger partial charge in [0.25, 0.3) is 0 Å². The molecule has 1 aliphatic carbocycles. The summed E-state index contributed by atoms with van der Waals surface area (Å²) >= 11 is 7.61. The van der Waals surface area contributed by atoms with Gasteiger partial charge in [-0.1, -0.05) is 91.5 Å². The van der Waals surface area contributed by atoms with Gasteiger partial charge in [-0.25, -0.2) is 0 Å². The lowest BCUT2D eigenvalue weighted by Crippen LogP contribution is -2.53. The molecule has 188 valence electrons. The molecule has 0 saturated heterocycles. The molecule has 0 unspecified atom stereocenters. The number of carbonyl (C=O) groups excluding carboxylic acids is 2. The van der Waals surface area contributed by atoms with E-state index in [0.29, 0.717) is 18.0 Å². The van der Waals surface area contributed by atoms with Crippen LogP contribution >= 0.6 is 23.4 Å². The summed E-state index contributed by atoms with van der Waals surface area (Å²) in [6, 6.07) is 26.9. The van der Waals surface area contributed by atoms with Crippen LogP contribution in [0.25, 0.3) is 0 Å². The van der Waals surface area contributed by atoms with Gasteiger partial charge in [0.1, 0.15) is 6.04 Å². The lowest BCUT2D eigenvalue weighted by atomic mass is 9.94. The van der Waals surface area contributed by atoms with Crippen molar-refractivity contribution in [2.24, 2.45) is 0 Å². The lowest BCUT2D eigenvalue weighted by Gasteiger charge is -2.33. The van der Waals surface area contributed by atoms with Gasteiger partial charge < -0.3 is 10.2 Å². The number of rotatable bonds is 10. The molecule has 2 amide bonds. The number of carbonyl (C=O) groups is 2. The monoisotopic (exact) mass is 520 g/mol. The van der Waals surface area contributed by atoms with Crippen molar-refractivity contribution in [1.29, 1.82) is 0 Å². The molecule has 0 aromatic heterocycles. The molecule has 1 aliphatic rings. The third-order valence-electron chi connectivity index (χ3n) is 6.59. The molecule has 6 heteroatoms. The molecule has 3 aromatic rings. The first-order valence-electron chi connectivity index (χ1n) is 12.6. The van der Waals surface area contributed by atoms with Gasteiger partial charge in [0.2, 0.25) is 11.8 Å². The molecule has 3 aromatic carbocycles. The Bertz CT molecular complexity index is 1100. The largest absolute Gasteiger partial charge is 0.352 e. The van der Waals surface area contributed by atoms with E-state index in [9.17, 15) is 9.59 Å². The Labute approximate surface area is 223 Å². The average Bonchev–Trinajstić information content (AvgIpc) is 2.92. The number of nitrogens with one attached hydrogen (secondary N) is 1. The van der Waals surface area contributed by atoms with Crippen LogP contribution in [-0.2, 0) is 22.6 Å². The molecule has 0 bridgehead atoms. The van der Waals surface area contributed by atoms with Crippen molar-refractivity contribution in [2.45, 2.75) is 62.0 Å². The fourth-order valence-electron chi connectivity index (χ4n) is 4.63. The number of hydrogen-bond donors (Lipinski definition) is 1. The van der Waals surface area contributed by atoms with E-state index < -0.39 is 6.04 Å². The average molecular weight is 521 g/mol. The Hall–Kier alpha value is -2.76. The molecule has 1 N–H and O–H groups in total. The van der Waals surface area contributed by atoms with Gasteiger partial charge in [-0.2, -0.15) is 0 Å². The third kappa shape index (κ3) is 7.87. The fraction of sp³-hybridized carbons (Fsp3) is 0.333. The molecular weight excluding hydrogens is 488 g/mol. The number of amides is 2. The Morgan fingerprint density at radius 2 is 1.50 bits per heavy atom. The highest BCUT2D eigenvalue weighted by Gasteiger charge is 2.31. The zero-order chi connectivity index (χ0) is 25.2. The van der Waals surface area contributed by atoms with Crippen molar-refractivity contribution in [3.63, 3.8) is 0 Å². The second-order valence-electron chi connectivity index (χ2n) is 9.30. The molecule has 4 nitrogen and oxygen atoms in total. The lowest BCUT2D eigenvalue weighted by molar-refractivity contribution is -0.139. The molecule has 0 heterocycles. The van der Waals surface area contributed by atoms with E-state index in [4.69, 9.17) is 11.6 Å². The second-order valence-corrected chi connectivity index (χ2v) is 10.8. The topological polar surface area (TPSA) is 49.4 Å². The molecule has 0 radical (unpaired) electrons. The van der Waals surface area contributed by atoms with Crippen molar-refractivity contribution < 1.29 is 9.59 Å². The normalized spacial score (nSPS) is 14.7. The van der Waals surface area contributed by atoms with Crippen LogP contribution in [0.2, 0.25) is 5.02 Å². The summed E-state index contributed by atoms with van der Waals surface area (Å²) in [6.07, 6.45) is 5.95. The minimum atomic E-state index is -0.603. The molecule has 1 fully saturated rings. The van der Waals surface area contributed by atoms with Crippen LogP contribution in [0.1, 0.15) is 43.2 Å². The molecule has 0 spiro atoms. The van der Waals surface area contributed by atoms with Gasteiger partial charge in [-0.15, -0.1) is 11.8 Å². The van der Waals surface area contributed by atoms with Gasteiger partial charge in [0.15, 0.2) is 0 Å². The molecule has 1 saturated carbocycles. The summed E-state index contributed by atoms with van der Waals surface area (Å²) in [6.45, 7) is 0.348. The van der Waals surface area contributed by atoms with Gasteiger partial charge in [0.05, 0.1) is 5.75 Å². The SMILES string of the molecule is O=C(NC1CCCCC1)[C@@H](Cc1ccccc1)N(Cc1ccc(Cl)cc1)C(=O)CSc1ccccc1. The maximum absolute atomic E-state index is 13.7. The maximum atomic E-state index is 13.7. The first kappa shape index (κ1) is 26.3. The number of hydrogen-bond acceptors (Lipinski definition) is 3. The van der Waals surface area contributed by atoms with Gasteiger partial charge in [0, 0.05) is 28.9 Å². The van der Waals surface area contributed by atoms with Gasteiger partial charge >= 0.3 is 0 Å². The van der Waals surface area contributed by atoms with Crippen molar-refractivity contribution in [3.05, 3.63) is 101 Å². The Balaban J connectivity index is 1.60. The highest BCUT2D eigenvalue weighted by Crippen LogP contribution is 2.23.